The minimum atomic E-state index is -4.82. The third kappa shape index (κ3) is 2.33. The molecule has 0 aliphatic heterocycles. The van der Waals surface area contributed by atoms with E-state index in [0.29, 0.717) is 0 Å². The number of alkyl halides is 3. The predicted octanol–water partition coefficient (Wildman–Crippen LogP) is 2.00. The largest absolute Gasteiger partial charge is 0.504 e. The maximum absolute atomic E-state index is 12.1. The summed E-state index contributed by atoms with van der Waals surface area (Å²) < 4.78 is 41.1. The Morgan fingerprint density at radius 1 is 1.33 bits per heavy atom. The van der Waals surface area contributed by atoms with Crippen LogP contribution in [0.15, 0.2) is 18.2 Å². The summed E-state index contributed by atoms with van der Waals surface area (Å²) in [6.07, 6.45) is -7.53. The average molecular weight is 222 g/mol. The number of aliphatic hydroxyl groups is 1. The van der Waals surface area contributed by atoms with E-state index < -0.39 is 23.6 Å². The molecule has 0 saturated heterocycles. The van der Waals surface area contributed by atoms with E-state index in [1.54, 1.807) is 0 Å². The summed E-state index contributed by atoms with van der Waals surface area (Å²) >= 11 is 0. The first-order chi connectivity index (χ1) is 6.88. The number of phenols is 1. The van der Waals surface area contributed by atoms with Crippen molar-refractivity contribution < 1.29 is 28.1 Å². The van der Waals surface area contributed by atoms with Gasteiger partial charge in [0.05, 0.1) is 7.11 Å². The zero-order valence-corrected chi connectivity index (χ0v) is 7.75. The Morgan fingerprint density at radius 3 is 2.40 bits per heavy atom. The second-order valence-corrected chi connectivity index (χ2v) is 2.84. The normalized spacial score (nSPS) is 13.7. The predicted molar refractivity (Wildman–Crippen MR) is 45.7 cm³/mol. The van der Waals surface area contributed by atoms with Crippen LogP contribution in [0, 0.1) is 0 Å². The molecule has 6 heteroatoms. The fourth-order valence-corrected chi connectivity index (χ4v) is 1.10. The Morgan fingerprint density at radius 2 is 1.93 bits per heavy atom. The van der Waals surface area contributed by atoms with E-state index in [0.717, 1.165) is 6.07 Å². The van der Waals surface area contributed by atoms with Gasteiger partial charge in [0.15, 0.2) is 17.6 Å². The van der Waals surface area contributed by atoms with Crippen LogP contribution in [0.2, 0.25) is 0 Å². The SMILES string of the molecule is COc1cccc([C@@H](O)C(F)(F)F)c1O. The molecule has 2 N–H and O–H groups in total. The molecule has 0 heterocycles. The van der Waals surface area contributed by atoms with E-state index in [9.17, 15) is 18.3 Å². The zero-order chi connectivity index (χ0) is 11.6. The standard InChI is InChI=1S/C9H9F3O3/c1-15-6-4-2-3-5(7(6)13)8(14)9(10,11)12/h2-4,8,13-14H,1H3/t8-/m1/s1. The van der Waals surface area contributed by atoms with Crippen LogP contribution in [0.25, 0.3) is 0 Å². The molecule has 0 radical (unpaired) electrons. The molecule has 0 bridgehead atoms. The molecule has 0 fully saturated rings. The van der Waals surface area contributed by atoms with E-state index in [4.69, 9.17) is 5.11 Å². The maximum atomic E-state index is 12.1. The highest BCUT2D eigenvalue weighted by atomic mass is 19.4. The number of methoxy groups -OCH3 is 1. The summed E-state index contributed by atoms with van der Waals surface area (Å²) in [5.41, 5.74) is -0.623. The zero-order valence-electron chi connectivity index (χ0n) is 7.75. The number of hydrogen-bond donors (Lipinski definition) is 2. The maximum Gasteiger partial charge on any atom is 0.418 e. The van der Waals surface area contributed by atoms with Crippen LogP contribution in [-0.4, -0.2) is 23.5 Å². The van der Waals surface area contributed by atoms with Crippen LogP contribution in [0.3, 0.4) is 0 Å². The van der Waals surface area contributed by atoms with Crippen LogP contribution in [0.1, 0.15) is 11.7 Å². The Bertz CT molecular complexity index is 349. The first-order valence-corrected chi connectivity index (χ1v) is 3.98. The molecule has 1 atom stereocenters. The molecule has 84 valence electrons. The lowest BCUT2D eigenvalue weighted by molar-refractivity contribution is -0.207. The van der Waals surface area contributed by atoms with Gasteiger partial charge >= 0.3 is 6.18 Å². The van der Waals surface area contributed by atoms with Gasteiger partial charge in [-0.3, -0.25) is 0 Å². The Kier molecular flexibility index (Phi) is 3.09. The van der Waals surface area contributed by atoms with E-state index in [1.165, 1.54) is 19.2 Å². The van der Waals surface area contributed by atoms with Crippen molar-refractivity contribution in [2.24, 2.45) is 0 Å². The number of phenolic OH excluding ortho intramolecular Hbond substituents is 1. The van der Waals surface area contributed by atoms with Crippen molar-refractivity contribution in [2.45, 2.75) is 12.3 Å². The topological polar surface area (TPSA) is 49.7 Å². The fraction of sp³-hybridized carbons (Fsp3) is 0.333. The number of aliphatic hydroxyl groups excluding tert-OH is 1. The Hall–Kier alpha value is -1.43. The van der Waals surface area contributed by atoms with Gasteiger partial charge in [0.1, 0.15) is 0 Å². The second kappa shape index (κ2) is 3.98. The number of ether oxygens (including phenoxy) is 1. The molecule has 0 saturated carbocycles. The fourth-order valence-electron chi connectivity index (χ4n) is 1.10. The summed E-state index contributed by atoms with van der Waals surface area (Å²) in [6, 6.07) is 3.53. The molecule has 0 aromatic heterocycles. The van der Waals surface area contributed by atoms with Crippen molar-refractivity contribution >= 4 is 0 Å². The molecule has 0 aliphatic carbocycles. The molecule has 1 aromatic rings. The van der Waals surface area contributed by atoms with E-state index in [2.05, 4.69) is 4.74 Å². The highest BCUT2D eigenvalue weighted by Crippen LogP contribution is 2.40. The number of para-hydroxylation sites is 1. The van der Waals surface area contributed by atoms with Crippen LogP contribution < -0.4 is 4.74 Å². The summed E-state index contributed by atoms with van der Waals surface area (Å²) in [6.45, 7) is 0. The van der Waals surface area contributed by atoms with E-state index in [1.807, 2.05) is 0 Å². The Balaban J connectivity index is 3.15. The molecule has 0 amide bonds. The minimum Gasteiger partial charge on any atom is -0.504 e. The van der Waals surface area contributed by atoms with Crippen molar-refractivity contribution in [2.75, 3.05) is 7.11 Å². The van der Waals surface area contributed by atoms with Crippen LogP contribution in [-0.2, 0) is 0 Å². The van der Waals surface area contributed by atoms with Crippen molar-refractivity contribution in [3.8, 4) is 11.5 Å². The highest BCUT2D eigenvalue weighted by molar-refractivity contribution is 5.46. The number of aromatic hydroxyl groups is 1. The molecule has 1 aromatic carbocycles. The van der Waals surface area contributed by atoms with Gasteiger partial charge in [-0.25, -0.2) is 0 Å². The lowest BCUT2D eigenvalue weighted by Crippen LogP contribution is -2.20. The van der Waals surface area contributed by atoms with E-state index in [-0.39, 0.29) is 5.75 Å². The third-order valence-corrected chi connectivity index (χ3v) is 1.85. The van der Waals surface area contributed by atoms with Crippen molar-refractivity contribution in [3.05, 3.63) is 23.8 Å². The van der Waals surface area contributed by atoms with Gasteiger partial charge in [0.2, 0.25) is 0 Å². The molecule has 15 heavy (non-hydrogen) atoms. The lowest BCUT2D eigenvalue weighted by Gasteiger charge is -2.16. The first-order valence-electron chi connectivity index (χ1n) is 3.98. The molecule has 0 unspecified atom stereocenters. The van der Waals surface area contributed by atoms with Gasteiger partial charge in [0, 0.05) is 5.56 Å². The summed E-state index contributed by atoms with van der Waals surface area (Å²) in [4.78, 5) is 0. The summed E-state index contributed by atoms with van der Waals surface area (Å²) in [5, 5.41) is 18.3. The first kappa shape index (κ1) is 11.6. The highest BCUT2D eigenvalue weighted by Gasteiger charge is 2.41. The van der Waals surface area contributed by atoms with Crippen LogP contribution >= 0.6 is 0 Å². The Labute approximate surface area is 83.7 Å². The molecular formula is C9H9F3O3. The monoisotopic (exact) mass is 222 g/mol. The minimum absolute atomic E-state index is 0.115. The molecule has 0 spiro atoms. The molecular weight excluding hydrogens is 213 g/mol. The van der Waals surface area contributed by atoms with Crippen LogP contribution in [0.5, 0.6) is 11.5 Å². The van der Waals surface area contributed by atoms with Gasteiger partial charge in [-0.2, -0.15) is 13.2 Å². The second-order valence-electron chi connectivity index (χ2n) is 2.84. The van der Waals surface area contributed by atoms with Gasteiger partial charge in [-0.05, 0) is 6.07 Å². The molecule has 1 rings (SSSR count). The van der Waals surface area contributed by atoms with Crippen molar-refractivity contribution in [1.82, 2.24) is 0 Å². The molecule has 3 nitrogen and oxygen atoms in total. The number of rotatable bonds is 2. The smallest absolute Gasteiger partial charge is 0.418 e. The quantitative estimate of drug-likeness (QED) is 0.804. The lowest BCUT2D eigenvalue weighted by atomic mass is 10.1. The van der Waals surface area contributed by atoms with Gasteiger partial charge in [-0.15, -0.1) is 0 Å². The van der Waals surface area contributed by atoms with Crippen molar-refractivity contribution in [1.29, 1.82) is 0 Å². The van der Waals surface area contributed by atoms with Gasteiger partial charge in [0.25, 0.3) is 0 Å². The van der Waals surface area contributed by atoms with Crippen molar-refractivity contribution in [3.63, 3.8) is 0 Å². The number of benzene rings is 1. The summed E-state index contributed by atoms with van der Waals surface area (Å²) in [5.74, 6) is -0.819. The van der Waals surface area contributed by atoms with Crippen LogP contribution in [0.4, 0.5) is 13.2 Å². The van der Waals surface area contributed by atoms with E-state index >= 15 is 0 Å². The third-order valence-electron chi connectivity index (χ3n) is 1.85. The van der Waals surface area contributed by atoms with Gasteiger partial charge < -0.3 is 14.9 Å². The average Bonchev–Trinajstić information content (AvgIpc) is 2.16. The summed E-state index contributed by atoms with van der Waals surface area (Å²) in [7, 11) is 1.21. The molecule has 0 aliphatic rings. The van der Waals surface area contributed by atoms with Gasteiger partial charge in [-0.1, -0.05) is 12.1 Å². The number of hydrogen-bond acceptors (Lipinski definition) is 3. The number of halogens is 3.